The number of H-pyrrole nitrogens is 1. The number of rotatable bonds is 3. The fraction of sp³-hybridized carbons (Fsp3) is 0.0833. The molecule has 0 unspecified atom stereocenters. The van der Waals surface area contributed by atoms with Crippen LogP contribution in [0.3, 0.4) is 0 Å². The predicted molar refractivity (Wildman–Crippen MR) is 81.4 cm³/mol. The van der Waals surface area contributed by atoms with Gasteiger partial charge in [-0.1, -0.05) is 11.6 Å². The molecule has 0 fully saturated rings. The molecule has 102 valence electrons. The minimum Gasteiger partial charge on any atom is -0.369 e. The van der Waals surface area contributed by atoms with Gasteiger partial charge < -0.3 is 16.0 Å². The summed E-state index contributed by atoms with van der Waals surface area (Å²) in [6.45, 7) is 1.91. The van der Waals surface area contributed by atoms with Crippen molar-refractivity contribution in [2.75, 3.05) is 11.1 Å². The summed E-state index contributed by atoms with van der Waals surface area (Å²) < 4.78 is 0. The maximum Gasteiger partial charge on any atom is 0.198 e. The first-order chi connectivity index (χ1) is 9.61. The molecule has 3 aromatic rings. The van der Waals surface area contributed by atoms with Crippen molar-refractivity contribution in [3.63, 3.8) is 0 Å². The molecule has 0 aliphatic heterocycles. The van der Waals surface area contributed by atoms with Crippen LogP contribution in [0, 0.1) is 6.92 Å². The molecule has 0 spiro atoms. The number of hydrogen-bond acceptors (Lipinski definition) is 6. The van der Waals surface area contributed by atoms with Crippen molar-refractivity contribution in [1.82, 2.24) is 19.9 Å². The number of aryl methyl sites for hydroxylation is 1. The molecular weight excluding hydrogens is 296 g/mol. The first-order valence-electron chi connectivity index (χ1n) is 5.78. The SMILES string of the molecule is Cc1[nH]c(N)nc1-c1csc(Nc2ccc(Cl)cn2)n1. The van der Waals surface area contributed by atoms with E-state index < -0.39 is 0 Å². The van der Waals surface area contributed by atoms with E-state index in [1.165, 1.54) is 11.3 Å². The first kappa shape index (κ1) is 12.9. The minimum absolute atomic E-state index is 0.388. The molecule has 6 nitrogen and oxygen atoms in total. The van der Waals surface area contributed by atoms with Crippen LogP contribution in [-0.4, -0.2) is 19.9 Å². The van der Waals surface area contributed by atoms with Crippen LogP contribution in [-0.2, 0) is 0 Å². The summed E-state index contributed by atoms with van der Waals surface area (Å²) in [5, 5.41) is 6.36. The molecule has 0 atom stereocenters. The molecule has 0 aliphatic rings. The Labute approximate surface area is 124 Å². The van der Waals surface area contributed by atoms with E-state index in [0.717, 1.165) is 22.2 Å². The molecule has 0 saturated carbocycles. The van der Waals surface area contributed by atoms with Crippen molar-refractivity contribution >= 4 is 39.8 Å². The van der Waals surface area contributed by atoms with Crippen molar-refractivity contribution in [3.05, 3.63) is 34.4 Å². The lowest BCUT2D eigenvalue weighted by Crippen LogP contribution is -1.92. The zero-order valence-corrected chi connectivity index (χ0v) is 12.1. The number of aromatic amines is 1. The van der Waals surface area contributed by atoms with Crippen LogP contribution in [0.5, 0.6) is 0 Å². The highest BCUT2D eigenvalue weighted by atomic mass is 35.5. The van der Waals surface area contributed by atoms with Gasteiger partial charge >= 0.3 is 0 Å². The fourth-order valence-electron chi connectivity index (χ4n) is 1.73. The van der Waals surface area contributed by atoms with E-state index in [-0.39, 0.29) is 0 Å². The minimum atomic E-state index is 0.388. The van der Waals surface area contributed by atoms with E-state index in [0.29, 0.717) is 16.8 Å². The largest absolute Gasteiger partial charge is 0.369 e. The maximum atomic E-state index is 5.79. The van der Waals surface area contributed by atoms with E-state index in [1.807, 2.05) is 12.3 Å². The Kier molecular flexibility index (Phi) is 3.29. The molecule has 3 rings (SSSR count). The Hall–Kier alpha value is -2.12. The molecule has 8 heteroatoms. The smallest absolute Gasteiger partial charge is 0.198 e. The monoisotopic (exact) mass is 306 g/mol. The number of aromatic nitrogens is 4. The average molecular weight is 307 g/mol. The highest BCUT2D eigenvalue weighted by molar-refractivity contribution is 7.14. The third-order valence-corrected chi connectivity index (χ3v) is 3.59. The van der Waals surface area contributed by atoms with E-state index in [9.17, 15) is 0 Å². The van der Waals surface area contributed by atoms with Gasteiger partial charge in [-0.3, -0.25) is 0 Å². The second-order valence-corrected chi connectivity index (χ2v) is 5.41. The van der Waals surface area contributed by atoms with Gasteiger partial charge in [-0.25, -0.2) is 15.0 Å². The average Bonchev–Trinajstić information content (AvgIpc) is 2.99. The molecule has 4 N–H and O–H groups in total. The number of nitrogens with zero attached hydrogens (tertiary/aromatic N) is 3. The zero-order valence-electron chi connectivity index (χ0n) is 10.5. The number of imidazole rings is 1. The summed E-state index contributed by atoms with van der Waals surface area (Å²) in [7, 11) is 0. The molecule has 3 heterocycles. The molecule has 0 aliphatic carbocycles. The summed E-state index contributed by atoms with van der Waals surface area (Å²) in [4.78, 5) is 15.8. The van der Waals surface area contributed by atoms with Crippen LogP contribution in [0.25, 0.3) is 11.4 Å². The quantitative estimate of drug-likeness (QED) is 0.691. The van der Waals surface area contributed by atoms with Gasteiger partial charge in [-0.15, -0.1) is 11.3 Å². The Morgan fingerprint density at radius 2 is 2.20 bits per heavy atom. The van der Waals surface area contributed by atoms with Crippen molar-refractivity contribution < 1.29 is 0 Å². The van der Waals surface area contributed by atoms with Crippen LogP contribution in [0.1, 0.15) is 5.69 Å². The van der Waals surface area contributed by atoms with Gasteiger partial charge in [-0.05, 0) is 19.1 Å². The summed E-state index contributed by atoms with van der Waals surface area (Å²) in [5.41, 5.74) is 8.06. The lowest BCUT2D eigenvalue weighted by molar-refractivity contribution is 1.26. The van der Waals surface area contributed by atoms with Crippen molar-refractivity contribution in [1.29, 1.82) is 0 Å². The summed E-state index contributed by atoms with van der Waals surface area (Å²) in [6.07, 6.45) is 1.58. The first-order valence-corrected chi connectivity index (χ1v) is 7.04. The van der Waals surface area contributed by atoms with Crippen molar-refractivity contribution in [2.45, 2.75) is 6.92 Å². The molecule has 0 amide bonds. The van der Waals surface area contributed by atoms with Crippen LogP contribution < -0.4 is 11.1 Å². The van der Waals surface area contributed by atoms with E-state index in [4.69, 9.17) is 17.3 Å². The molecule has 0 radical (unpaired) electrons. The number of thiazole rings is 1. The van der Waals surface area contributed by atoms with Crippen LogP contribution in [0.4, 0.5) is 16.9 Å². The number of nitrogens with two attached hydrogens (primary N) is 1. The highest BCUT2D eigenvalue weighted by Crippen LogP contribution is 2.27. The predicted octanol–water partition coefficient (Wildman–Crippen LogP) is 3.22. The second kappa shape index (κ2) is 5.10. The van der Waals surface area contributed by atoms with Gasteiger partial charge in [0.05, 0.1) is 5.02 Å². The lowest BCUT2D eigenvalue weighted by Gasteiger charge is -2.00. The highest BCUT2D eigenvalue weighted by Gasteiger charge is 2.11. The standard InChI is InChI=1S/C12H11ClN6S/c1-6-10(19-11(14)16-6)8-5-20-12(17-8)18-9-3-2-7(13)4-15-9/h2-5H,1H3,(H3,14,16,19)(H,15,17,18). The fourth-order valence-corrected chi connectivity index (χ4v) is 2.55. The van der Waals surface area contributed by atoms with Gasteiger partial charge in [0.1, 0.15) is 17.2 Å². The van der Waals surface area contributed by atoms with E-state index in [2.05, 4.69) is 25.3 Å². The maximum absolute atomic E-state index is 5.79. The number of hydrogen-bond donors (Lipinski definition) is 3. The van der Waals surface area contributed by atoms with Crippen molar-refractivity contribution in [2.24, 2.45) is 0 Å². The number of halogens is 1. The Morgan fingerprint density at radius 3 is 2.85 bits per heavy atom. The molecule has 0 aromatic carbocycles. The number of pyridine rings is 1. The van der Waals surface area contributed by atoms with Gasteiger partial charge in [0.15, 0.2) is 11.1 Å². The zero-order chi connectivity index (χ0) is 14.1. The number of anilines is 3. The normalized spacial score (nSPS) is 10.7. The molecular formula is C12H11ClN6S. The van der Waals surface area contributed by atoms with Crippen molar-refractivity contribution in [3.8, 4) is 11.4 Å². The summed E-state index contributed by atoms with van der Waals surface area (Å²) in [5.74, 6) is 1.08. The Morgan fingerprint density at radius 1 is 1.35 bits per heavy atom. The molecule has 20 heavy (non-hydrogen) atoms. The Balaban J connectivity index is 1.83. The van der Waals surface area contributed by atoms with Crippen LogP contribution in [0.15, 0.2) is 23.7 Å². The Bertz CT molecular complexity index is 733. The number of nitrogens with one attached hydrogen (secondary N) is 2. The summed E-state index contributed by atoms with van der Waals surface area (Å²) >= 11 is 7.26. The van der Waals surface area contributed by atoms with Crippen LogP contribution in [0.2, 0.25) is 5.02 Å². The van der Waals surface area contributed by atoms with E-state index >= 15 is 0 Å². The van der Waals surface area contributed by atoms with Gasteiger partial charge in [0, 0.05) is 17.3 Å². The third kappa shape index (κ3) is 2.59. The topological polar surface area (TPSA) is 92.5 Å². The van der Waals surface area contributed by atoms with E-state index in [1.54, 1.807) is 18.3 Å². The summed E-state index contributed by atoms with van der Waals surface area (Å²) in [6, 6.07) is 3.56. The molecule has 0 bridgehead atoms. The van der Waals surface area contributed by atoms with Crippen LogP contribution >= 0.6 is 22.9 Å². The third-order valence-electron chi connectivity index (χ3n) is 2.61. The second-order valence-electron chi connectivity index (χ2n) is 4.12. The van der Waals surface area contributed by atoms with Gasteiger partial charge in [0.25, 0.3) is 0 Å². The van der Waals surface area contributed by atoms with Gasteiger partial charge in [0.2, 0.25) is 0 Å². The molecule has 0 saturated heterocycles. The van der Waals surface area contributed by atoms with Gasteiger partial charge in [-0.2, -0.15) is 0 Å². The molecule has 3 aromatic heterocycles. The number of nitrogen functional groups attached to an aromatic ring is 1. The lowest BCUT2D eigenvalue weighted by atomic mass is 10.3.